The fraction of sp³-hybridized carbons (Fsp3) is 0.105. The van der Waals surface area contributed by atoms with Crippen LogP contribution in [0.25, 0.3) is 21.2 Å². The Labute approximate surface area is 168 Å². The molecule has 8 heteroatoms. The van der Waals surface area contributed by atoms with Crippen LogP contribution >= 0.6 is 34.5 Å². The van der Waals surface area contributed by atoms with E-state index in [9.17, 15) is 4.79 Å². The number of halogens is 2. The molecule has 0 atom stereocenters. The predicted octanol–water partition coefficient (Wildman–Crippen LogP) is 4.94. The summed E-state index contributed by atoms with van der Waals surface area (Å²) in [6.07, 6.45) is 3.40. The monoisotopic (exact) mass is 417 g/mol. The third-order valence-electron chi connectivity index (χ3n) is 4.08. The van der Waals surface area contributed by atoms with Crippen molar-refractivity contribution in [1.29, 1.82) is 0 Å². The Balaban J connectivity index is 1.75. The van der Waals surface area contributed by atoms with Crippen LogP contribution in [-0.2, 0) is 13.7 Å². The smallest absolute Gasteiger partial charge is 0.276 e. The highest BCUT2D eigenvalue weighted by molar-refractivity contribution is 7.18. The molecule has 4 rings (SSSR count). The molecule has 0 aliphatic carbocycles. The number of benzene rings is 1. The summed E-state index contributed by atoms with van der Waals surface area (Å²) >= 11 is 13.4. The average molecular weight is 418 g/mol. The van der Waals surface area contributed by atoms with Gasteiger partial charge in [0, 0.05) is 30.4 Å². The summed E-state index contributed by atoms with van der Waals surface area (Å²) in [7, 11) is 1.61. The maximum absolute atomic E-state index is 12.7. The molecule has 0 saturated carbocycles. The lowest BCUT2D eigenvalue weighted by atomic mass is 10.1. The van der Waals surface area contributed by atoms with Gasteiger partial charge in [-0.25, -0.2) is 4.68 Å². The molecule has 0 amide bonds. The van der Waals surface area contributed by atoms with E-state index in [0.717, 1.165) is 16.7 Å². The lowest BCUT2D eigenvalue weighted by molar-refractivity contribution is 0.290. The van der Waals surface area contributed by atoms with Crippen LogP contribution in [0.2, 0.25) is 10.0 Å². The van der Waals surface area contributed by atoms with Gasteiger partial charge in [0.2, 0.25) is 5.88 Å². The second-order valence-corrected chi connectivity index (χ2v) is 7.55. The number of rotatable bonds is 4. The molecule has 0 fully saturated rings. The van der Waals surface area contributed by atoms with Gasteiger partial charge >= 0.3 is 0 Å². The molecule has 1 aromatic carbocycles. The van der Waals surface area contributed by atoms with Gasteiger partial charge in [-0.1, -0.05) is 29.3 Å². The van der Waals surface area contributed by atoms with Crippen molar-refractivity contribution < 1.29 is 4.74 Å². The number of aryl methyl sites for hydroxylation is 1. The highest BCUT2D eigenvalue weighted by Crippen LogP contribution is 2.36. The quantitative estimate of drug-likeness (QED) is 0.471. The highest BCUT2D eigenvalue weighted by atomic mass is 35.5. The van der Waals surface area contributed by atoms with Crippen molar-refractivity contribution in [2.45, 2.75) is 6.61 Å². The third kappa shape index (κ3) is 3.43. The lowest BCUT2D eigenvalue weighted by Gasteiger charge is -2.09. The Morgan fingerprint density at radius 3 is 2.67 bits per heavy atom. The average Bonchev–Trinajstić information content (AvgIpc) is 3.12. The molecule has 0 spiro atoms. The maximum atomic E-state index is 12.7. The molecule has 0 N–H and O–H groups in total. The summed E-state index contributed by atoms with van der Waals surface area (Å²) in [6.45, 7) is 0.264. The minimum absolute atomic E-state index is 0.167. The zero-order valence-corrected chi connectivity index (χ0v) is 16.5. The van der Waals surface area contributed by atoms with Crippen molar-refractivity contribution in [3.63, 3.8) is 0 Å². The molecular weight excluding hydrogens is 405 g/mol. The van der Waals surface area contributed by atoms with Crippen LogP contribution in [0.3, 0.4) is 0 Å². The first-order valence-corrected chi connectivity index (χ1v) is 9.64. The van der Waals surface area contributed by atoms with Gasteiger partial charge in [-0.3, -0.25) is 9.78 Å². The van der Waals surface area contributed by atoms with E-state index in [1.807, 2.05) is 23.6 Å². The third-order valence-corrected chi connectivity index (χ3v) is 5.79. The van der Waals surface area contributed by atoms with Gasteiger partial charge < -0.3 is 4.74 Å². The molecule has 27 heavy (non-hydrogen) atoms. The van der Waals surface area contributed by atoms with Crippen LogP contribution in [0, 0.1) is 0 Å². The van der Waals surface area contributed by atoms with E-state index in [2.05, 4.69) is 10.1 Å². The summed E-state index contributed by atoms with van der Waals surface area (Å²) < 4.78 is 7.92. The van der Waals surface area contributed by atoms with Gasteiger partial charge in [-0.2, -0.15) is 0 Å². The lowest BCUT2D eigenvalue weighted by Crippen LogP contribution is -2.20. The second kappa shape index (κ2) is 7.31. The van der Waals surface area contributed by atoms with Crippen LogP contribution < -0.4 is 10.3 Å². The van der Waals surface area contributed by atoms with Gasteiger partial charge in [-0.15, -0.1) is 16.4 Å². The molecular formula is C19H13Cl2N3O2S. The van der Waals surface area contributed by atoms with E-state index in [-0.39, 0.29) is 12.2 Å². The molecule has 0 aliphatic rings. The van der Waals surface area contributed by atoms with Crippen LogP contribution in [0.4, 0.5) is 0 Å². The molecule has 0 unspecified atom stereocenters. The Hall–Kier alpha value is -2.41. The van der Waals surface area contributed by atoms with Crippen molar-refractivity contribution in [3.05, 3.63) is 74.1 Å². The minimum atomic E-state index is -0.167. The van der Waals surface area contributed by atoms with E-state index in [1.54, 1.807) is 31.6 Å². The zero-order chi connectivity index (χ0) is 19.0. The number of ether oxygens (including phenoxy) is 1. The van der Waals surface area contributed by atoms with Crippen molar-refractivity contribution in [2.24, 2.45) is 7.05 Å². The van der Waals surface area contributed by atoms with E-state index >= 15 is 0 Å². The summed E-state index contributed by atoms with van der Waals surface area (Å²) in [4.78, 5) is 16.7. The fourth-order valence-corrected chi connectivity index (χ4v) is 4.06. The number of fused-ring (bicyclic) bond motifs is 1. The summed E-state index contributed by atoms with van der Waals surface area (Å²) in [6, 6.07) is 9.05. The first-order chi connectivity index (χ1) is 13.0. The van der Waals surface area contributed by atoms with E-state index in [0.29, 0.717) is 26.0 Å². The molecule has 5 nitrogen and oxygen atoms in total. The Kier molecular flexibility index (Phi) is 4.86. The zero-order valence-electron chi connectivity index (χ0n) is 14.1. The SMILES string of the molecule is Cn1nc(OCc2ccc(Cl)c(Cl)c2)c2scc(-c3ccncc3)c2c1=O. The van der Waals surface area contributed by atoms with Gasteiger partial charge in [0.15, 0.2) is 0 Å². The minimum Gasteiger partial charge on any atom is -0.471 e. The molecule has 0 saturated heterocycles. The molecule has 0 aliphatic heterocycles. The van der Waals surface area contributed by atoms with Crippen molar-refractivity contribution in [1.82, 2.24) is 14.8 Å². The van der Waals surface area contributed by atoms with Crippen molar-refractivity contribution in [3.8, 4) is 17.0 Å². The largest absolute Gasteiger partial charge is 0.471 e. The summed E-state index contributed by atoms with van der Waals surface area (Å²) in [5.41, 5.74) is 2.47. The van der Waals surface area contributed by atoms with Gasteiger partial charge in [-0.05, 0) is 35.4 Å². The highest BCUT2D eigenvalue weighted by Gasteiger charge is 2.17. The summed E-state index contributed by atoms with van der Waals surface area (Å²) in [5, 5.41) is 7.77. The van der Waals surface area contributed by atoms with Crippen LogP contribution in [0.1, 0.15) is 5.56 Å². The number of thiophene rings is 1. The molecule has 3 aromatic heterocycles. The normalized spacial score (nSPS) is 11.1. The second-order valence-electron chi connectivity index (χ2n) is 5.86. The fourth-order valence-electron chi connectivity index (χ4n) is 2.74. The van der Waals surface area contributed by atoms with E-state index < -0.39 is 0 Å². The number of hydrogen-bond donors (Lipinski definition) is 0. The molecule has 0 bridgehead atoms. The maximum Gasteiger partial charge on any atom is 0.276 e. The number of aromatic nitrogens is 3. The number of hydrogen-bond acceptors (Lipinski definition) is 5. The van der Waals surface area contributed by atoms with Crippen LogP contribution in [0.5, 0.6) is 5.88 Å². The first-order valence-electron chi connectivity index (χ1n) is 8.00. The number of pyridine rings is 1. The molecule has 3 heterocycles. The Bertz CT molecular complexity index is 1190. The number of nitrogens with zero attached hydrogens (tertiary/aromatic N) is 3. The summed E-state index contributed by atoms with van der Waals surface area (Å²) in [5.74, 6) is 0.406. The van der Waals surface area contributed by atoms with E-state index in [1.165, 1.54) is 16.0 Å². The van der Waals surface area contributed by atoms with E-state index in [4.69, 9.17) is 27.9 Å². The van der Waals surface area contributed by atoms with Crippen LogP contribution in [-0.4, -0.2) is 14.8 Å². The van der Waals surface area contributed by atoms with Gasteiger partial charge in [0.25, 0.3) is 5.56 Å². The molecule has 136 valence electrons. The molecule has 0 radical (unpaired) electrons. The van der Waals surface area contributed by atoms with Gasteiger partial charge in [0.05, 0.1) is 15.4 Å². The standard InChI is InChI=1S/C19H13Cl2N3O2S/c1-24-19(25)16-13(12-4-6-22-7-5-12)10-27-17(16)18(23-24)26-9-11-2-3-14(20)15(21)8-11/h2-8,10H,9H2,1H3. The van der Waals surface area contributed by atoms with Crippen molar-refractivity contribution in [2.75, 3.05) is 0 Å². The topological polar surface area (TPSA) is 57.0 Å². The predicted molar refractivity (Wildman–Crippen MR) is 109 cm³/mol. The molecule has 4 aromatic rings. The van der Waals surface area contributed by atoms with Gasteiger partial charge in [0.1, 0.15) is 11.3 Å². The Morgan fingerprint density at radius 1 is 1.15 bits per heavy atom. The first kappa shape index (κ1) is 18.0. The Morgan fingerprint density at radius 2 is 1.93 bits per heavy atom. The van der Waals surface area contributed by atoms with Crippen LogP contribution in [0.15, 0.2) is 52.9 Å². The van der Waals surface area contributed by atoms with Crippen molar-refractivity contribution >= 4 is 44.6 Å².